The second-order valence-corrected chi connectivity index (χ2v) is 6.61. The van der Waals surface area contributed by atoms with Crippen LogP contribution >= 0.6 is 0 Å². The number of nitrogens with one attached hydrogen (secondary N) is 1. The molecule has 0 bridgehead atoms. The fourth-order valence-corrected chi connectivity index (χ4v) is 2.91. The molecule has 3 rings (SSSR count). The van der Waals surface area contributed by atoms with Gasteiger partial charge in [0, 0.05) is 11.6 Å². The van der Waals surface area contributed by atoms with E-state index in [1.54, 1.807) is 0 Å². The minimum atomic E-state index is -1.13. The number of anilines is 1. The van der Waals surface area contributed by atoms with E-state index in [2.05, 4.69) is 5.32 Å². The number of benzene rings is 3. The Morgan fingerprint density at radius 1 is 0.938 bits per heavy atom. The molecule has 7 nitrogen and oxygen atoms in total. The molecule has 0 aliphatic carbocycles. The van der Waals surface area contributed by atoms with Gasteiger partial charge in [0.1, 0.15) is 18.2 Å². The van der Waals surface area contributed by atoms with Crippen molar-refractivity contribution in [2.24, 2.45) is 5.73 Å². The van der Waals surface area contributed by atoms with Crippen molar-refractivity contribution in [2.75, 3.05) is 19.5 Å². The van der Waals surface area contributed by atoms with E-state index in [0.717, 1.165) is 11.6 Å². The second-order valence-electron chi connectivity index (χ2n) is 6.61. The predicted octanol–water partition coefficient (Wildman–Crippen LogP) is 3.91. The summed E-state index contributed by atoms with van der Waals surface area (Å²) in [5, 5.41) is 2.29. The summed E-state index contributed by atoms with van der Waals surface area (Å²) in [7, 11) is 2.79. The molecule has 2 amide bonds. The largest absolute Gasteiger partial charge is 0.493 e. The van der Waals surface area contributed by atoms with Crippen LogP contribution in [0.25, 0.3) is 0 Å². The Balaban J connectivity index is 1.89. The molecule has 9 heteroatoms. The van der Waals surface area contributed by atoms with Crippen LogP contribution in [0.1, 0.15) is 26.3 Å². The molecule has 0 radical (unpaired) electrons. The maximum atomic E-state index is 14.1. The zero-order chi connectivity index (χ0) is 23.3. The van der Waals surface area contributed by atoms with Crippen LogP contribution in [-0.4, -0.2) is 26.0 Å². The fraction of sp³-hybridized carbons (Fsp3) is 0.130. The van der Waals surface area contributed by atoms with Crippen molar-refractivity contribution in [1.82, 2.24) is 0 Å². The minimum absolute atomic E-state index is 0.0510. The summed E-state index contributed by atoms with van der Waals surface area (Å²) in [5.41, 5.74) is 5.08. The molecule has 0 aliphatic heterocycles. The van der Waals surface area contributed by atoms with Gasteiger partial charge in [-0.05, 0) is 23.8 Å². The lowest BCUT2D eigenvalue weighted by Crippen LogP contribution is -2.17. The summed E-state index contributed by atoms with van der Waals surface area (Å²) in [5.74, 6) is -3.35. The maximum absolute atomic E-state index is 14.1. The molecule has 0 spiro atoms. The topological polar surface area (TPSA) is 99.9 Å². The van der Waals surface area contributed by atoms with E-state index in [0.29, 0.717) is 6.07 Å². The molecule has 0 heterocycles. The molecule has 3 N–H and O–H groups in total. The first-order valence-corrected chi connectivity index (χ1v) is 9.37. The highest BCUT2D eigenvalue weighted by Gasteiger charge is 2.20. The van der Waals surface area contributed by atoms with Gasteiger partial charge in [0.15, 0.2) is 11.5 Å². The van der Waals surface area contributed by atoms with Gasteiger partial charge in [0.25, 0.3) is 11.8 Å². The Bertz CT molecular complexity index is 1130. The van der Waals surface area contributed by atoms with Crippen molar-refractivity contribution in [2.45, 2.75) is 6.61 Å². The third kappa shape index (κ3) is 4.94. The summed E-state index contributed by atoms with van der Waals surface area (Å²) in [4.78, 5) is 24.0. The van der Waals surface area contributed by atoms with Crippen molar-refractivity contribution in [1.29, 1.82) is 0 Å². The Hall–Kier alpha value is -4.14. The lowest BCUT2D eigenvalue weighted by atomic mass is 10.1. The maximum Gasteiger partial charge on any atom is 0.256 e. The number of carbonyl (C=O) groups excluding carboxylic acids is 2. The SMILES string of the molecule is COc1cc(C(=O)Nc2cc(C(N)=O)c(F)cc2F)cc(OC)c1OCc1ccccc1. The van der Waals surface area contributed by atoms with Crippen LogP contribution in [0.2, 0.25) is 0 Å². The highest BCUT2D eigenvalue weighted by molar-refractivity contribution is 6.06. The molecule has 3 aromatic carbocycles. The number of rotatable bonds is 8. The van der Waals surface area contributed by atoms with Crippen LogP contribution in [0, 0.1) is 11.6 Å². The van der Waals surface area contributed by atoms with E-state index >= 15 is 0 Å². The Kier molecular flexibility index (Phi) is 6.89. The van der Waals surface area contributed by atoms with Gasteiger partial charge in [-0.3, -0.25) is 9.59 Å². The zero-order valence-corrected chi connectivity index (χ0v) is 17.3. The average Bonchev–Trinajstić information content (AvgIpc) is 2.79. The Morgan fingerprint density at radius 2 is 1.56 bits per heavy atom. The molecular weight excluding hydrogens is 422 g/mol. The fourth-order valence-electron chi connectivity index (χ4n) is 2.91. The van der Waals surface area contributed by atoms with Crippen molar-refractivity contribution in [3.8, 4) is 17.2 Å². The first kappa shape index (κ1) is 22.5. The van der Waals surface area contributed by atoms with Crippen LogP contribution < -0.4 is 25.3 Å². The van der Waals surface area contributed by atoms with Crippen molar-refractivity contribution in [3.63, 3.8) is 0 Å². The Morgan fingerprint density at radius 3 is 2.12 bits per heavy atom. The highest BCUT2D eigenvalue weighted by atomic mass is 19.1. The number of primary amides is 1. The molecule has 0 aliphatic rings. The smallest absolute Gasteiger partial charge is 0.256 e. The van der Waals surface area contributed by atoms with Gasteiger partial charge in [0.05, 0.1) is 25.5 Å². The first-order valence-electron chi connectivity index (χ1n) is 9.37. The predicted molar refractivity (Wildman–Crippen MR) is 113 cm³/mol. The summed E-state index contributed by atoms with van der Waals surface area (Å²) in [6, 6.07) is 13.5. The number of hydrogen-bond donors (Lipinski definition) is 2. The molecule has 0 fully saturated rings. The number of hydrogen-bond acceptors (Lipinski definition) is 5. The number of amides is 2. The number of nitrogens with two attached hydrogens (primary N) is 1. The van der Waals surface area contributed by atoms with Gasteiger partial charge in [-0.25, -0.2) is 8.78 Å². The highest BCUT2D eigenvalue weighted by Crippen LogP contribution is 2.39. The number of ether oxygens (including phenoxy) is 3. The van der Waals surface area contributed by atoms with Gasteiger partial charge in [-0.1, -0.05) is 30.3 Å². The summed E-state index contributed by atoms with van der Waals surface area (Å²) in [6.45, 7) is 0.232. The van der Waals surface area contributed by atoms with Crippen LogP contribution in [0.3, 0.4) is 0 Å². The van der Waals surface area contributed by atoms with Crippen molar-refractivity contribution >= 4 is 17.5 Å². The summed E-state index contributed by atoms with van der Waals surface area (Å²) in [6.07, 6.45) is 0. The molecule has 0 aromatic heterocycles. The van der Waals surface area contributed by atoms with E-state index in [4.69, 9.17) is 19.9 Å². The molecule has 0 unspecified atom stereocenters. The van der Waals surface area contributed by atoms with Gasteiger partial charge < -0.3 is 25.3 Å². The second kappa shape index (κ2) is 9.78. The van der Waals surface area contributed by atoms with Crippen LogP contribution in [0.15, 0.2) is 54.6 Å². The van der Waals surface area contributed by atoms with E-state index in [1.165, 1.54) is 26.4 Å². The van der Waals surface area contributed by atoms with Crippen LogP contribution in [-0.2, 0) is 6.61 Å². The molecule has 0 atom stereocenters. The molecule has 0 saturated heterocycles. The molecule has 32 heavy (non-hydrogen) atoms. The number of halogens is 2. The Labute approximate surface area is 182 Å². The van der Waals surface area contributed by atoms with Gasteiger partial charge in [0.2, 0.25) is 5.75 Å². The third-order valence-electron chi connectivity index (χ3n) is 4.52. The molecule has 0 saturated carbocycles. The zero-order valence-electron chi connectivity index (χ0n) is 17.3. The molecule has 166 valence electrons. The minimum Gasteiger partial charge on any atom is -0.493 e. The molecular formula is C23H20F2N2O5. The number of carbonyl (C=O) groups is 2. The van der Waals surface area contributed by atoms with E-state index in [1.807, 2.05) is 30.3 Å². The van der Waals surface area contributed by atoms with Gasteiger partial charge in [-0.2, -0.15) is 0 Å². The third-order valence-corrected chi connectivity index (χ3v) is 4.52. The van der Waals surface area contributed by atoms with Crippen LogP contribution in [0.5, 0.6) is 17.2 Å². The van der Waals surface area contributed by atoms with E-state index in [-0.39, 0.29) is 29.4 Å². The summed E-state index contributed by atoms with van der Waals surface area (Å²) >= 11 is 0. The number of methoxy groups -OCH3 is 2. The molecule has 3 aromatic rings. The summed E-state index contributed by atoms with van der Waals surface area (Å²) < 4.78 is 44.3. The monoisotopic (exact) mass is 442 g/mol. The van der Waals surface area contributed by atoms with Gasteiger partial charge >= 0.3 is 0 Å². The first-order chi connectivity index (χ1) is 15.3. The quantitative estimate of drug-likeness (QED) is 0.551. The lowest BCUT2D eigenvalue weighted by Gasteiger charge is -2.16. The van der Waals surface area contributed by atoms with E-state index < -0.39 is 34.7 Å². The lowest BCUT2D eigenvalue weighted by molar-refractivity contribution is 0.0992. The van der Waals surface area contributed by atoms with E-state index in [9.17, 15) is 18.4 Å². The van der Waals surface area contributed by atoms with Gasteiger partial charge in [-0.15, -0.1) is 0 Å². The standard InChI is InChI=1S/C23H20F2N2O5/c1-30-19-8-14(9-20(31-2)21(19)32-12-13-6-4-3-5-7-13)23(29)27-18-10-15(22(26)28)16(24)11-17(18)25/h3-11H,12H2,1-2H3,(H2,26,28)(H,27,29). The van der Waals surface area contributed by atoms with Crippen molar-refractivity contribution < 1.29 is 32.6 Å². The van der Waals surface area contributed by atoms with Crippen molar-refractivity contribution in [3.05, 3.63) is 82.9 Å². The average molecular weight is 442 g/mol. The van der Waals surface area contributed by atoms with Crippen LogP contribution in [0.4, 0.5) is 14.5 Å². The normalized spacial score (nSPS) is 10.4.